The van der Waals surface area contributed by atoms with E-state index in [1.165, 1.54) is 30.3 Å². The maximum atomic E-state index is 14.0. The molecule has 0 saturated carbocycles. The van der Waals surface area contributed by atoms with E-state index in [1.807, 2.05) is 0 Å². The smallest absolute Gasteiger partial charge is 0.323 e. The van der Waals surface area contributed by atoms with Crippen LogP contribution in [0.2, 0.25) is 0 Å². The monoisotopic (exact) mass is 327 g/mol. The first kappa shape index (κ1) is 13.5. The number of nitrogens with zero attached hydrogens (tertiary/aromatic N) is 2. The molecule has 0 aliphatic heterocycles. The van der Waals surface area contributed by atoms with Gasteiger partial charge in [-0.25, -0.2) is 9.37 Å². The fraction of sp³-hybridized carbons (Fsp3) is 0.167. The van der Waals surface area contributed by atoms with Gasteiger partial charge in [-0.05, 0) is 28.1 Å². The van der Waals surface area contributed by atoms with Crippen LogP contribution < -0.4 is 10.6 Å². The van der Waals surface area contributed by atoms with Crippen LogP contribution in [0, 0.1) is 5.82 Å². The molecule has 2 rings (SSSR count). The molecule has 19 heavy (non-hydrogen) atoms. The lowest BCUT2D eigenvalue weighted by Gasteiger charge is -2.19. The van der Waals surface area contributed by atoms with Crippen molar-refractivity contribution in [1.82, 2.24) is 4.98 Å². The van der Waals surface area contributed by atoms with Gasteiger partial charge in [0.1, 0.15) is 18.2 Å². The van der Waals surface area contributed by atoms with Crippen LogP contribution >= 0.6 is 15.9 Å². The first-order valence-electron chi connectivity index (χ1n) is 5.37. The summed E-state index contributed by atoms with van der Waals surface area (Å²) in [6.45, 7) is -0.280. The van der Waals surface area contributed by atoms with Gasteiger partial charge in [0.15, 0.2) is 0 Å². The topological polar surface area (TPSA) is 79.5 Å². The lowest BCUT2D eigenvalue weighted by Crippen LogP contribution is -2.26. The number of carboxylic acids is 1. The Bertz CT molecular complexity index is 655. The highest BCUT2D eigenvalue weighted by Gasteiger charge is 2.17. The van der Waals surface area contributed by atoms with Gasteiger partial charge in [0.2, 0.25) is 0 Å². The van der Waals surface area contributed by atoms with E-state index >= 15 is 0 Å². The van der Waals surface area contributed by atoms with E-state index in [9.17, 15) is 9.18 Å². The molecule has 0 radical (unpaired) electrons. The molecule has 3 N–H and O–H groups in total. The van der Waals surface area contributed by atoms with Gasteiger partial charge in [0.25, 0.3) is 0 Å². The van der Waals surface area contributed by atoms with Crippen molar-refractivity contribution in [3.63, 3.8) is 0 Å². The van der Waals surface area contributed by atoms with E-state index in [4.69, 9.17) is 10.8 Å². The van der Waals surface area contributed by atoms with E-state index in [2.05, 4.69) is 20.9 Å². The highest BCUT2D eigenvalue weighted by molar-refractivity contribution is 9.10. The summed E-state index contributed by atoms with van der Waals surface area (Å²) in [4.78, 5) is 16.2. The molecule has 0 aliphatic carbocycles. The Morgan fingerprint density at radius 3 is 2.84 bits per heavy atom. The Morgan fingerprint density at radius 2 is 2.21 bits per heavy atom. The summed E-state index contributed by atoms with van der Waals surface area (Å²) in [6, 6.07) is 2.70. The Hall–Kier alpha value is -1.89. The number of aliphatic carboxylic acids is 1. The van der Waals surface area contributed by atoms with Gasteiger partial charge < -0.3 is 15.7 Å². The third kappa shape index (κ3) is 2.46. The molecule has 0 fully saturated rings. The van der Waals surface area contributed by atoms with Crippen molar-refractivity contribution in [2.24, 2.45) is 0 Å². The van der Waals surface area contributed by atoms with E-state index in [0.717, 1.165) is 0 Å². The lowest BCUT2D eigenvalue weighted by atomic mass is 10.1. The highest BCUT2D eigenvalue weighted by Crippen LogP contribution is 2.35. The number of carbonyl (C=O) groups is 1. The fourth-order valence-electron chi connectivity index (χ4n) is 1.88. The van der Waals surface area contributed by atoms with Crippen molar-refractivity contribution in [3.8, 4) is 0 Å². The quantitative estimate of drug-likeness (QED) is 0.845. The third-order valence-corrected chi connectivity index (χ3v) is 3.28. The van der Waals surface area contributed by atoms with Crippen molar-refractivity contribution in [1.29, 1.82) is 0 Å². The molecule has 0 amide bonds. The molecule has 0 spiro atoms. The van der Waals surface area contributed by atoms with Crippen LogP contribution in [-0.2, 0) is 4.79 Å². The minimum Gasteiger partial charge on any atom is -0.480 e. The predicted molar refractivity (Wildman–Crippen MR) is 74.7 cm³/mol. The second kappa shape index (κ2) is 5.00. The molecule has 0 atom stereocenters. The van der Waals surface area contributed by atoms with Crippen LogP contribution in [0.3, 0.4) is 0 Å². The second-order valence-electron chi connectivity index (χ2n) is 4.07. The predicted octanol–water partition coefficient (Wildman–Crippen LogP) is 2.24. The summed E-state index contributed by atoms with van der Waals surface area (Å²) >= 11 is 3.27. The van der Waals surface area contributed by atoms with Gasteiger partial charge in [-0.2, -0.15) is 0 Å². The standard InChI is InChI=1S/C12H11BrFN3O2/c1-17(5-9(18)19)12-11-7(14)2-3-8(15)10(11)6(13)4-16-12/h2-4H,5,15H2,1H3,(H,18,19). The maximum Gasteiger partial charge on any atom is 0.323 e. The number of aromatic nitrogens is 1. The molecular formula is C12H11BrFN3O2. The van der Waals surface area contributed by atoms with Gasteiger partial charge in [-0.15, -0.1) is 0 Å². The minimum atomic E-state index is -1.02. The minimum absolute atomic E-state index is 0.207. The van der Waals surface area contributed by atoms with Crippen molar-refractivity contribution in [2.45, 2.75) is 0 Å². The number of nitrogen functional groups attached to an aromatic ring is 1. The van der Waals surface area contributed by atoms with E-state index in [-0.39, 0.29) is 17.7 Å². The average molecular weight is 328 g/mol. The molecule has 5 nitrogen and oxygen atoms in total. The number of hydrogen-bond acceptors (Lipinski definition) is 4. The number of pyridine rings is 1. The van der Waals surface area contributed by atoms with E-state index < -0.39 is 11.8 Å². The maximum absolute atomic E-state index is 14.0. The lowest BCUT2D eigenvalue weighted by molar-refractivity contribution is -0.135. The van der Waals surface area contributed by atoms with E-state index in [0.29, 0.717) is 15.5 Å². The normalized spacial score (nSPS) is 10.7. The molecular weight excluding hydrogens is 317 g/mol. The van der Waals surface area contributed by atoms with Crippen molar-refractivity contribution >= 4 is 44.2 Å². The first-order chi connectivity index (χ1) is 8.91. The number of hydrogen-bond donors (Lipinski definition) is 2. The number of fused-ring (bicyclic) bond motifs is 1. The molecule has 7 heteroatoms. The number of rotatable bonds is 3. The SMILES string of the molecule is CN(CC(=O)O)c1ncc(Br)c2c(N)ccc(F)c12. The van der Waals surface area contributed by atoms with Gasteiger partial charge in [-0.1, -0.05) is 0 Å². The van der Waals surface area contributed by atoms with Crippen LogP contribution in [0.5, 0.6) is 0 Å². The summed E-state index contributed by atoms with van der Waals surface area (Å²) in [5.74, 6) is -1.28. The van der Waals surface area contributed by atoms with Gasteiger partial charge in [0.05, 0.1) is 5.39 Å². The fourth-order valence-corrected chi connectivity index (χ4v) is 2.41. The van der Waals surface area contributed by atoms with Crippen LogP contribution in [0.4, 0.5) is 15.9 Å². The third-order valence-electron chi connectivity index (χ3n) is 2.68. The summed E-state index contributed by atoms with van der Waals surface area (Å²) in [5.41, 5.74) is 6.24. The van der Waals surface area contributed by atoms with Crippen molar-refractivity contribution in [3.05, 3.63) is 28.6 Å². The van der Waals surface area contributed by atoms with Crippen molar-refractivity contribution in [2.75, 3.05) is 24.2 Å². The number of carboxylic acid groups (broad SMARTS) is 1. The molecule has 100 valence electrons. The molecule has 0 bridgehead atoms. The Balaban J connectivity index is 2.73. The number of halogens is 2. The zero-order valence-corrected chi connectivity index (χ0v) is 11.6. The molecule has 1 aromatic carbocycles. The molecule has 0 aliphatic rings. The van der Waals surface area contributed by atoms with Gasteiger partial charge >= 0.3 is 5.97 Å². The number of likely N-dealkylation sites (N-methyl/N-ethyl adjacent to an activating group) is 1. The Morgan fingerprint density at radius 1 is 1.53 bits per heavy atom. The molecule has 0 unspecified atom stereocenters. The van der Waals surface area contributed by atoms with Crippen molar-refractivity contribution < 1.29 is 14.3 Å². The summed E-state index contributed by atoms with van der Waals surface area (Å²) in [7, 11) is 1.53. The number of nitrogens with two attached hydrogens (primary N) is 1. The van der Waals surface area contributed by atoms with Crippen LogP contribution in [0.1, 0.15) is 0 Å². The molecule has 0 saturated heterocycles. The zero-order chi connectivity index (χ0) is 14.2. The first-order valence-corrected chi connectivity index (χ1v) is 6.16. The number of benzene rings is 1. The van der Waals surface area contributed by atoms with Gasteiger partial charge in [-0.3, -0.25) is 4.79 Å². The van der Waals surface area contributed by atoms with Gasteiger partial charge in [0, 0.05) is 28.8 Å². The zero-order valence-electron chi connectivity index (χ0n) is 10.0. The summed E-state index contributed by atoms with van der Waals surface area (Å²) < 4.78 is 14.6. The Labute approximate surface area is 117 Å². The largest absolute Gasteiger partial charge is 0.480 e. The average Bonchev–Trinajstić information content (AvgIpc) is 2.33. The molecule has 1 heterocycles. The molecule has 1 aromatic heterocycles. The van der Waals surface area contributed by atoms with Crippen LogP contribution in [0.25, 0.3) is 10.8 Å². The highest BCUT2D eigenvalue weighted by atomic mass is 79.9. The Kier molecular flexibility index (Phi) is 3.57. The molecule has 2 aromatic rings. The number of anilines is 2. The van der Waals surface area contributed by atoms with E-state index in [1.54, 1.807) is 0 Å². The van der Waals surface area contributed by atoms with Crippen LogP contribution in [0.15, 0.2) is 22.8 Å². The second-order valence-corrected chi connectivity index (χ2v) is 4.92. The van der Waals surface area contributed by atoms with Crippen LogP contribution in [-0.4, -0.2) is 29.7 Å². The summed E-state index contributed by atoms with van der Waals surface area (Å²) in [5, 5.41) is 9.49. The summed E-state index contributed by atoms with van der Waals surface area (Å²) in [6.07, 6.45) is 1.48.